The fourth-order valence-corrected chi connectivity index (χ4v) is 3.01. The molecular weight excluding hydrogens is 250 g/mol. The molecule has 0 aliphatic carbocycles. The SMILES string of the molecule is CCC1(CC)CN(Cc2ncnn2CC(C)C)CCN1. The first-order chi connectivity index (χ1) is 9.58. The molecule has 0 bridgehead atoms. The van der Waals surface area contributed by atoms with Gasteiger partial charge in [0.2, 0.25) is 0 Å². The fraction of sp³-hybridized carbons (Fsp3) is 0.867. The third-order valence-electron chi connectivity index (χ3n) is 4.41. The van der Waals surface area contributed by atoms with Crippen LogP contribution in [0.25, 0.3) is 0 Å². The Kier molecular flexibility index (Phi) is 5.16. The van der Waals surface area contributed by atoms with Gasteiger partial charge in [-0.25, -0.2) is 9.67 Å². The minimum Gasteiger partial charge on any atom is -0.309 e. The molecule has 5 heteroatoms. The summed E-state index contributed by atoms with van der Waals surface area (Å²) in [6, 6.07) is 0. The van der Waals surface area contributed by atoms with Crippen LogP contribution >= 0.6 is 0 Å². The first kappa shape index (κ1) is 15.4. The summed E-state index contributed by atoms with van der Waals surface area (Å²) in [7, 11) is 0. The molecule has 1 saturated heterocycles. The van der Waals surface area contributed by atoms with Crippen molar-refractivity contribution in [2.24, 2.45) is 5.92 Å². The molecule has 2 heterocycles. The first-order valence-electron chi connectivity index (χ1n) is 7.92. The highest BCUT2D eigenvalue weighted by Crippen LogP contribution is 2.21. The van der Waals surface area contributed by atoms with Crippen LogP contribution in [0.3, 0.4) is 0 Å². The van der Waals surface area contributed by atoms with Gasteiger partial charge in [-0.15, -0.1) is 0 Å². The second kappa shape index (κ2) is 6.68. The fourth-order valence-electron chi connectivity index (χ4n) is 3.01. The molecule has 2 rings (SSSR count). The van der Waals surface area contributed by atoms with Crippen LogP contribution in [0.1, 0.15) is 46.4 Å². The summed E-state index contributed by atoms with van der Waals surface area (Å²) >= 11 is 0. The van der Waals surface area contributed by atoms with Gasteiger partial charge in [-0.05, 0) is 18.8 Å². The number of hydrogen-bond donors (Lipinski definition) is 1. The van der Waals surface area contributed by atoms with Crippen LogP contribution in [0.5, 0.6) is 0 Å². The Bertz CT molecular complexity index is 408. The summed E-state index contributed by atoms with van der Waals surface area (Å²) < 4.78 is 2.06. The maximum atomic E-state index is 4.45. The highest BCUT2D eigenvalue weighted by atomic mass is 15.4. The summed E-state index contributed by atoms with van der Waals surface area (Å²) in [6.45, 7) is 14.1. The summed E-state index contributed by atoms with van der Waals surface area (Å²) in [6.07, 6.45) is 4.05. The molecule has 0 aromatic carbocycles. The first-order valence-corrected chi connectivity index (χ1v) is 7.92. The van der Waals surface area contributed by atoms with E-state index >= 15 is 0 Å². The van der Waals surface area contributed by atoms with E-state index < -0.39 is 0 Å². The number of piperazine rings is 1. The Hall–Kier alpha value is -0.940. The predicted molar refractivity (Wildman–Crippen MR) is 81.5 cm³/mol. The van der Waals surface area contributed by atoms with Crippen LogP contribution in [-0.2, 0) is 13.1 Å². The van der Waals surface area contributed by atoms with Gasteiger partial charge in [0.1, 0.15) is 12.2 Å². The van der Waals surface area contributed by atoms with E-state index in [4.69, 9.17) is 0 Å². The largest absolute Gasteiger partial charge is 0.309 e. The molecule has 0 radical (unpaired) electrons. The quantitative estimate of drug-likeness (QED) is 0.864. The maximum absolute atomic E-state index is 4.45. The van der Waals surface area contributed by atoms with Gasteiger partial charge in [0, 0.05) is 31.7 Å². The average molecular weight is 279 g/mol. The molecule has 1 aliphatic rings. The van der Waals surface area contributed by atoms with Crippen LogP contribution in [-0.4, -0.2) is 44.8 Å². The van der Waals surface area contributed by atoms with Crippen LogP contribution in [0.4, 0.5) is 0 Å². The Labute approximate surface area is 122 Å². The zero-order chi connectivity index (χ0) is 14.6. The summed E-state index contributed by atoms with van der Waals surface area (Å²) in [5.41, 5.74) is 0.279. The van der Waals surface area contributed by atoms with E-state index in [9.17, 15) is 0 Å². The van der Waals surface area contributed by atoms with Crippen molar-refractivity contribution in [1.82, 2.24) is 25.0 Å². The predicted octanol–water partition coefficient (Wildman–Crippen LogP) is 1.90. The van der Waals surface area contributed by atoms with Crippen molar-refractivity contribution < 1.29 is 0 Å². The average Bonchev–Trinajstić information content (AvgIpc) is 2.85. The minimum absolute atomic E-state index is 0.279. The molecule has 20 heavy (non-hydrogen) atoms. The molecule has 0 spiro atoms. The van der Waals surface area contributed by atoms with Crippen molar-refractivity contribution in [3.63, 3.8) is 0 Å². The molecule has 1 aliphatic heterocycles. The molecular formula is C15H29N5. The molecule has 5 nitrogen and oxygen atoms in total. The highest BCUT2D eigenvalue weighted by molar-refractivity contribution is 4.95. The molecule has 0 saturated carbocycles. The van der Waals surface area contributed by atoms with Crippen LogP contribution in [0.15, 0.2) is 6.33 Å². The van der Waals surface area contributed by atoms with Gasteiger partial charge in [0.25, 0.3) is 0 Å². The molecule has 1 aromatic heterocycles. The van der Waals surface area contributed by atoms with Gasteiger partial charge in [0.05, 0.1) is 6.54 Å². The summed E-state index contributed by atoms with van der Waals surface area (Å²) in [5, 5.41) is 8.07. The van der Waals surface area contributed by atoms with Gasteiger partial charge in [-0.1, -0.05) is 27.7 Å². The molecule has 0 amide bonds. The molecule has 0 atom stereocenters. The highest BCUT2D eigenvalue weighted by Gasteiger charge is 2.32. The Balaban J connectivity index is 2.01. The van der Waals surface area contributed by atoms with E-state index in [1.807, 2.05) is 0 Å². The molecule has 1 fully saturated rings. The van der Waals surface area contributed by atoms with Crippen molar-refractivity contribution in [2.75, 3.05) is 19.6 Å². The second-order valence-electron chi connectivity index (χ2n) is 6.38. The smallest absolute Gasteiger partial charge is 0.141 e. The number of hydrogen-bond acceptors (Lipinski definition) is 4. The Morgan fingerprint density at radius 2 is 2.10 bits per heavy atom. The summed E-state index contributed by atoms with van der Waals surface area (Å²) in [4.78, 5) is 6.97. The third kappa shape index (κ3) is 3.58. The Morgan fingerprint density at radius 1 is 1.35 bits per heavy atom. The van der Waals surface area contributed by atoms with Gasteiger partial charge < -0.3 is 5.32 Å². The molecule has 1 N–H and O–H groups in total. The molecule has 0 unspecified atom stereocenters. The van der Waals surface area contributed by atoms with Crippen LogP contribution in [0.2, 0.25) is 0 Å². The second-order valence-corrected chi connectivity index (χ2v) is 6.38. The third-order valence-corrected chi connectivity index (χ3v) is 4.41. The van der Waals surface area contributed by atoms with Crippen LogP contribution in [0, 0.1) is 5.92 Å². The maximum Gasteiger partial charge on any atom is 0.141 e. The zero-order valence-corrected chi connectivity index (χ0v) is 13.4. The van der Waals surface area contributed by atoms with Gasteiger partial charge in [-0.3, -0.25) is 4.90 Å². The van der Waals surface area contributed by atoms with E-state index in [1.54, 1.807) is 6.33 Å². The van der Waals surface area contributed by atoms with Crippen molar-refractivity contribution in [2.45, 2.75) is 59.2 Å². The summed E-state index contributed by atoms with van der Waals surface area (Å²) in [5.74, 6) is 1.70. The number of nitrogens with zero attached hydrogens (tertiary/aromatic N) is 4. The number of aromatic nitrogens is 3. The van der Waals surface area contributed by atoms with Crippen molar-refractivity contribution in [3.05, 3.63) is 12.2 Å². The lowest BCUT2D eigenvalue weighted by Gasteiger charge is -2.43. The van der Waals surface area contributed by atoms with E-state index in [-0.39, 0.29) is 5.54 Å². The minimum atomic E-state index is 0.279. The normalized spacial score (nSPS) is 19.6. The number of rotatable bonds is 6. The Morgan fingerprint density at radius 3 is 2.75 bits per heavy atom. The van der Waals surface area contributed by atoms with E-state index in [0.717, 1.165) is 38.5 Å². The monoisotopic (exact) mass is 279 g/mol. The van der Waals surface area contributed by atoms with Gasteiger partial charge in [0.15, 0.2) is 0 Å². The van der Waals surface area contributed by atoms with E-state index in [0.29, 0.717) is 5.92 Å². The lowest BCUT2D eigenvalue weighted by Crippen LogP contribution is -2.59. The standard InChI is InChI=1S/C15H29N5/c1-5-15(6-2)11-19(8-7-17-15)10-14-16-12-18-20(14)9-13(3)4/h12-13,17H,5-11H2,1-4H3. The number of nitrogens with one attached hydrogen (secondary N) is 1. The van der Waals surface area contributed by atoms with Gasteiger partial charge in [-0.2, -0.15) is 5.10 Å². The topological polar surface area (TPSA) is 46.0 Å². The van der Waals surface area contributed by atoms with Crippen molar-refractivity contribution >= 4 is 0 Å². The molecule has 1 aromatic rings. The van der Waals surface area contributed by atoms with Crippen LogP contribution < -0.4 is 5.32 Å². The molecule has 114 valence electrons. The van der Waals surface area contributed by atoms with E-state index in [2.05, 4.69) is 52.7 Å². The van der Waals surface area contributed by atoms with Crippen molar-refractivity contribution in [1.29, 1.82) is 0 Å². The van der Waals surface area contributed by atoms with Gasteiger partial charge >= 0.3 is 0 Å². The zero-order valence-electron chi connectivity index (χ0n) is 13.4. The van der Waals surface area contributed by atoms with Crippen molar-refractivity contribution in [3.8, 4) is 0 Å². The lowest BCUT2D eigenvalue weighted by molar-refractivity contribution is 0.114. The lowest BCUT2D eigenvalue weighted by atomic mass is 9.90. The van der Waals surface area contributed by atoms with E-state index in [1.165, 1.54) is 12.8 Å².